The van der Waals surface area contributed by atoms with Gasteiger partial charge in [-0.2, -0.15) is 0 Å². The van der Waals surface area contributed by atoms with Gasteiger partial charge in [0.1, 0.15) is 11.6 Å². The highest BCUT2D eigenvalue weighted by Gasteiger charge is 2.16. The second-order valence-electron chi connectivity index (χ2n) is 4.52. The molecule has 2 N–H and O–H groups in total. The Balaban J connectivity index is 2.03. The van der Waals surface area contributed by atoms with Crippen molar-refractivity contribution in [1.82, 2.24) is 5.32 Å². The van der Waals surface area contributed by atoms with Crippen LogP contribution >= 0.6 is 23.2 Å². The monoisotopic (exact) mass is 345 g/mol. The fraction of sp³-hybridized carbons (Fsp3) is 0.133. The van der Waals surface area contributed by atoms with E-state index in [0.29, 0.717) is 5.56 Å². The van der Waals surface area contributed by atoms with Gasteiger partial charge >= 0.3 is 0 Å². The molecule has 0 saturated heterocycles. The van der Waals surface area contributed by atoms with E-state index >= 15 is 0 Å². The first-order valence-electron chi connectivity index (χ1n) is 6.24. The minimum absolute atomic E-state index is 0.000159. The van der Waals surface area contributed by atoms with Gasteiger partial charge in [-0.05, 0) is 29.8 Å². The van der Waals surface area contributed by atoms with Crippen molar-refractivity contribution < 1.29 is 18.7 Å². The Morgan fingerprint density at radius 3 is 2.41 bits per heavy atom. The molecular weight excluding hydrogens is 335 g/mol. The van der Waals surface area contributed by atoms with Gasteiger partial charge in [-0.25, -0.2) is 8.78 Å². The van der Waals surface area contributed by atoms with E-state index in [2.05, 4.69) is 5.32 Å². The Labute approximate surface area is 135 Å². The maximum atomic E-state index is 13.4. The minimum atomic E-state index is -1.03. The zero-order valence-electron chi connectivity index (χ0n) is 11.1. The van der Waals surface area contributed by atoms with E-state index in [1.807, 2.05) is 0 Å². The summed E-state index contributed by atoms with van der Waals surface area (Å²) < 4.78 is 26.2. The maximum absolute atomic E-state index is 13.4. The standard InChI is InChI=1S/C15H11Cl2F2NO2/c16-11-6-12(17)13(19)5-10(11)15(22)20-7-14(21)8-1-3-9(18)4-2-8/h1-6,14,21H,7H2,(H,20,22). The summed E-state index contributed by atoms with van der Waals surface area (Å²) in [7, 11) is 0. The average molecular weight is 346 g/mol. The summed E-state index contributed by atoms with van der Waals surface area (Å²) in [5.41, 5.74) is 0.352. The zero-order chi connectivity index (χ0) is 16.3. The highest BCUT2D eigenvalue weighted by Crippen LogP contribution is 2.24. The van der Waals surface area contributed by atoms with Crippen LogP contribution in [0.2, 0.25) is 10.0 Å². The molecule has 0 spiro atoms. The van der Waals surface area contributed by atoms with Crippen LogP contribution in [0.4, 0.5) is 8.78 Å². The first kappa shape index (κ1) is 16.7. The van der Waals surface area contributed by atoms with Crippen LogP contribution in [0, 0.1) is 11.6 Å². The van der Waals surface area contributed by atoms with E-state index in [-0.39, 0.29) is 22.2 Å². The number of aliphatic hydroxyl groups is 1. The summed E-state index contributed by atoms with van der Waals surface area (Å²) in [5.74, 6) is -1.85. The van der Waals surface area contributed by atoms with Gasteiger partial charge in [-0.15, -0.1) is 0 Å². The number of carbonyl (C=O) groups is 1. The summed E-state index contributed by atoms with van der Waals surface area (Å²) in [6.45, 7) is -0.134. The molecule has 0 aliphatic carbocycles. The molecule has 2 rings (SSSR count). The topological polar surface area (TPSA) is 49.3 Å². The maximum Gasteiger partial charge on any atom is 0.253 e. The van der Waals surface area contributed by atoms with E-state index in [1.165, 1.54) is 24.3 Å². The summed E-state index contributed by atoms with van der Waals surface area (Å²) in [6.07, 6.45) is -1.03. The van der Waals surface area contributed by atoms with E-state index in [4.69, 9.17) is 23.2 Å². The Hall–Kier alpha value is -1.69. The molecule has 2 aromatic carbocycles. The van der Waals surface area contributed by atoms with E-state index < -0.39 is 23.6 Å². The van der Waals surface area contributed by atoms with Crippen LogP contribution in [0.15, 0.2) is 36.4 Å². The molecule has 2 aromatic rings. The number of hydrogen-bond acceptors (Lipinski definition) is 2. The van der Waals surface area contributed by atoms with Crippen LogP contribution < -0.4 is 5.32 Å². The Kier molecular flexibility index (Phi) is 5.34. The van der Waals surface area contributed by atoms with Crippen LogP contribution in [0.25, 0.3) is 0 Å². The molecule has 0 saturated carbocycles. The zero-order valence-corrected chi connectivity index (χ0v) is 12.6. The van der Waals surface area contributed by atoms with Crippen molar-refractivity contribution in [1.29, 1.82) is 0 Å². The molecule has 0 heterocycles. The van der Waals surface area contributed by atoms with Crippen LogP contribution in [0.5, 0.6) is 0 Å². The van der Waals surface area contributed by atoms with Crippen LogP contribution in [-0.2, 0) is 0 Å². The predicted octanol–water partition coefficient (Wildman–Crippen LogP) is 3.74. The highest BCUT2D eigenvalue weighted by molar-refractivity contribution is 6.36. The number of hydrogen-bond donors (Lipinski definition) is 2. The molecule has 0 aliphatic rings. The van der Waals surface area contributed by atoms with Gasteiger partial charge in [-0.1, -0.05) is 35.3 Å². The fourth-order valence-electron chi connectivity index (χ4n) is 1.78. The lowest BCUT2D eigenvalue weighted by molar-refractivity contribution is 0.0916. The molecule has 0 aliphatic heterocycles. The van der Waals surface area contributed by atoms with Gasteiger partial charge in [0.05, 0.1) is 21.7 Å². The average Bonchev–Trinajstić information content (AvgIpc) is 2.49. The fourth-order valence-corrected chi connectivity index (χ4v) is 2.25. The van der Waals surface area contributed by atoms with Crippen molar-refractivity contribution in [2.75, 3.05) is 6.54 Å². The highest BCUT2D eigenvalue weighted by atomic mass is 35.5. The molecule has 3 nitrogen and oxygen atoms in total. The molecule has 22 heavy (non-hydrogen) atoms. The van der Waals surface area contributed by atoms with Crippen molar-refractivity contribution in [3.05, 3.63) is 69.2 Å². The van der Waals surface area contributed by atoms with E-state index in [0.717, 1.165) is 12.1 Å². The number of amides is 1. The summed E-state index contributed by atoms with van der Waals surface area (Å²) in [4.78, 5) is 11.9. The number of carbonyl (C=O) groups excluding carboxylic acids is 1. The van der Waals surface area contributed by atoms with Crippen molar-refractivity contribution in [2.24, 2.45) is 0 Å². The number of aliphatic hydroxyl groups excluding tert-OH is 1. The molecule has 0 bridgehead atoms. The lowest BCUT2D eigenvalue weighted by Crippen LogP contribution is -2.28. The first-order valence-corrected chi connectivity index (χ1v) is 7.00. The summed E-state index contributed by atoms with van der Waals surface area (Å²) in [5, 5.41) is 12.1. The molecule has 7 heteroatoms. The van der Waals surface area contributed by atoms with Gasteiger partial charge in [0.2, 0.25) is 0 Å². The van der Waals surface area contributed by atoms with Crippen LogP contribution in [0.1, 0.15) is 22.0 Å². The SMILES string of the molecule is O=C(NCC(O)c1ccc(F)cc1)c1cc(F)c(Cl)cc1Cl. The van der Waals surface area contributed by atoms with Gasteiger partial charge < -0.3 is 10.4 Å². The lowest BCUT2D eigenvalue weighted by Gasteiger charge is -2.13. The number of nitrogens with one attached hydrogen (secondary N) is 1. The largest absolute Gasteiger partial charge is 0.387 e. The quantitative estimate of drug-likeness (QED) is 0.829. The van der Waals surface area contributed by atoms with Gasteiger partial charge in [-0.3, -0.25) is 4.79 Å². The molecule has 1 amide bonds. The molecule has 116 valence electrons. The van der Waals surface area contributed by atoms with Crippen molar-refractivity contribution >= 4 is 29.1 Å². The molecule has 0 aromatic heterocycles. The third-order valence-electron chi connectivity index (χ3n) is 2.97. The Bertz CT molecular complexity index is 693. The van der Waals surface area contributed by atoms with Gasteiger partial charge in [0, 0.05) is 6.54 Å². The lowest BCUT2D eigenvalue weighted by atomic mass is 10.1. The molecule has 0 radical (unpaired) electrons. The third-order valence-corrected chi connectivity index (χ3v) is 3.57. The molecule has 0 fully saturated rings. The van der Waals surface area contributed by atoms with E-state index in [9.17, 15) is 18.7 Å². The smallest absolute Gasteiger partial charge is 0.253 e. The third kappa shape index (κ3) is 3.94. The second-order valence-corrected chi connectivity index (χ2v) is 5.34. The van der Waals surface area contributed by atoms with Crippen LogP contribution in [0.3, 0.4) is 0 Å². The molecule has 1 unspecified atom stereocenters. The predicted molar refractivity (Wildman–Crippen MR) is 80.1 cm³/mol. The molecule has 1 atom stereocenters. The Morgan fingerprint density at radius 1 is 1.14 bits per heavy atom. The first-order chi connectivity index (χ1) is 10.4. The van der Waals surface area contributed by atoms with Gasteiger partial charge in [0.25, 0.3) is 5.91 Å². The van der Waals surface area contributed by atoms with Gasteiger partial charge in [0.15, 0.2) is 0 Å². The molecular formula is C15H11Cl2F2NO2. The number of benzene rings is 2. The van der Waals surface area contributed by atoms with Crippen molar-refractivity contribution in [2.45, 2.75) is 6.10 Å². The van der Waals surface area contributed by atoms with Crippen molar-refractivity contribution in [3.8, 4) is 0 Å². The second kappa shape index (κ2) is 7.05. The van der Waals surface area contributed by atoms with E-state index in [1.54, 1.807) is 0 Å². The van der Waals surface area contributed by atoms with Crippen molar-refractivity contribution in [3.63, 3.8) is 0 Å². The summed E-state index contributed by atoms with van der Waals surface area (Å²) in [6, 6.07) is 7.26. The summed E-state index contributed by atoms with van der Waals surface area (Å²) >= 11 is 11.4. The minimum Gasteiger partial charge on any atom is -0.387 e. The van der Waals surface area contributed by atoms with Crippen LogP contribution in [-0.4, -0.2) is 17.6 Å². The number of rotatable bonds is 4. The normalized spacial score (nSPS) is 12.0. The number of halogens is 4. The Morgan fingerprint density at radius 2 is 1.77 bits per heavy atom.